The fourth-order valence-corrected chi connectivity index (χ4v) is 4.88. The standard InChI is InChI=1S/C19H25BrN2O3/c1-18(2)12-8-9-19(18,3)15(10-12)25-16(23)11-21-22-17(24)13-6-4-5-7-14(13)20/h4-7,12,15,21H,8-11H2,1-3H3,(H,22,24)/t12-,15-,19-/m1/s1. The van der Waals surface area contributed by atoms with Crippen LogP contribution in [0.2, 0.25) is 0 Å². The van der Waals surface area contributed by atoms with E-state index in [1.807, 2.05) is 6.07 Å². The second-order valence-corrected chi connectivity index (χ2v) is 8.73. The summed E-state index contributed by atoms with van der Waals surface area (Å²) in [5, 5.41) is 0. The van der Waals surface area contributed by atoms with E-state index in [1.54, 1.807) is 18.2 Å². The first-order valence-corrected chi connectivity index (χ1v) is 9.52. The van der Waals surface area contributed by atoms with E-state index in [4.69, 9.17) is 4.74 Å². The van der Waals surface area contributed by atoms with Crippen molar-refractivity contribution in [3.63, 3.8) is 0 Å². The van der Waals surface area contributed by atoms with Gasteiger partial charge in [0.15, 0.2) is 0 Å². The van der Waals surface area contributed by atoms with Crippen LogP contribution >= 0.6 is 15.9 Å². The number of nitrogens with one attached hydrogen (secondary N) is 2. The van der Waals surface area contributed by atoms with Gasteiger partial charge >= 0.3 is 5.97 Å². The van der Waals surface area contributed by atoms with Gasteiger partial charge in [0.1, 0.15) is 12.6 Å². The van der Waals surface area contributed by atoms with Crippen LogP contribution in [-0.4, -0.2) is 24.5 Å². The zero-order chi connectivity index (χ0) is 18.2. The lowest BCUT2D eigenvalue weighted by molar-refractivity contribution is -0.155. The molecule has 2 fully saturated rings. The highest BCUT2D eigenvalue weighted by molar-refractivity contribution is 9.10. The summed E-state index contributed by atoms with van der Waals surface area (Å²) in [6.07, 6.45) is 3.24. The number of hydrogen-bond acceptors (Lipinski definition) is 4. The van der Waals surface area contributed by atoms with Crippen LogP contribution in [0.25, 0.3) is 0 Å². The number of amides is 1. The molecule has 0 aliphatic heterocycles. The van der Waals surface area contributed by atoms with E-state index in [0.717, 1.165) is 12.8 Å². The Morgan fingerprint density at radius 3 is 2.60 bits per heavy atom. The van der Waals surface area contributed by atoms with E-state index in [2.05, 4.69) is 47.6 Å². The van der Waals surface area contributed by atoms with Crippen LogP contribution in [0.5, 0.6) is 0 Å². The topological polar surface area (TPSA) is 67.4 Å². The van der Waals surface area contributed by atoms with Gasteiger partial charge in [0.05, 0.1) is 5.56 Å². The normalized spacial score (nSPS) is 29.4. The van der Waals surface area contributed by atoms with E-state index in [1.165, 1.54) is 6.42 Å². The summed E-state index contributed by atoms with van der Waals surface area (Å²) >= 11 is 3.33. The minimum Gasteiger partial charge on any atom is -0.461 e. The maximum absolute atomic E-state index is 12.2. The molecule has 1 amide bonds. The van der Waals surface area contributed by atoms with Gasteiger partial charge in [-0.3, -0.25) is 15.0 Å². The first-order valence-electron chi connectivity index (χ1n) is 8.73. The molecule has 136 valence electrons. The van der Waals surface area contributed by atoms with Gasteiger partial charge in [0.25, 0.3) is 5.91 Å². The molecular weight excluding hydrogens is 384 g/mol. The van der Waals surface area contributed by atoms with Crippen molar-refractivity contribution in [1.29, 1.82) is 0 Å². The second-order valence-electron chi connectivity index (χ2n) is 7.88. The quantitative estimate of drug-likeness (QED) is 0.578. The number of hydrogen-bond donors (Lipinski definition) is 2. The molecule has 3 atom stereocenters. The van der Waals surface area contributed by atoms with Crippen LogP contribution in [0.4, 0.5) is 0 Å². The monoisotopic (exact) mass is 408 g/mol. The van der Waals surface area contributed by atoms with Crippen molar-refractivity contribution < 1.29 is 14.3 Å². The van der Waals surface area contributed by atoms with Crippen LogP contribution in [0.15, 0.2) is 28.7 Å². The third-order valence-electron chi connectivity index (χ3n) is 6.54. The lowest BCUT2D eigenvalue weighted by Gasteiger charge is -2.38. The summed E-state index contributed by atoms with van der Waals surface area (Å²) in [6, 6.07) is 7.12. The first kappa shape index (κ1) is 18.4. The zero-order valence-corrected chi connectivity index (χ0v) is 16.5. The lowest BCUT2D eigenvalue weighted by Crippen LogP contribution is -2.44. The summed E-state index contributed by atoms with van der Waals surface area (Å²) in [5.74, 6) is -0.00584. The van der Waals surface area contributed by atoms with Gasteiger partial charge in [-0.25, -0.2) is 5.43 Å². The van der Waals surface area contributed by atoms with Crippen LogP contribution in [0.3, 0.4) is 0 Å². The number of carbonyl (C=O) groups excluding carboxylic acids is 2. The minimum absolute atomic E-state index is 0.0329. The van der Waals surface area contributed by atoms with Crippen LogP contribution in [-0.2, 0) is 9.53 Å². The molecule has 0 radical (unpaired) electrons. The van der Waals surface area contributed by atoms with Crippen LogP contribution in [0.1, 0.15) is 50.4 Å². The molecule has 1 aromatic carbocycles. The van der Waals surface area contributed by atoms with Crippen molar-refractivity contribution in [3.05, 3.63) is 34.3 Å². The van der Waals surface area contributed by atoms with E-state index >= 15 is 0 Å². The maximum Gasteiger partial charge on any atom is 0.322 e. The number of benzene rings is 1. The number of esters is 1. The van der Waals surface area contributed by atoms with Crippen molar-refractivity contribution in [2.45, 2.75) is 46.1 Å². The van der Waals surface area contributed by atoms with Crippen molar-refractivity contribution in [1.82, 2.24) is 10.9 Å². The predicted octanol–water partition coefficient (Wildman–Crippen LogP) is 3.44. The van der Waals surface area contributed by atoms with Gasteiger partial charge in [0.2, 0.25) is 0 Å². The fourth-order valence-electron chi connectivity index (χ4n) is 4.42. The Morgan fingerprint density at radius 1 is 1.28 bits per heavy atom. The highest BCUT2D eigenvalue weighted by atomic mass is 79.9. The molecule has 5 nitrogen and oxygen atoms in total. The SMILES string of the molecule is CC1(C)[C@@H]2CC[C@]1(C)[C@H](OC(=O)CNNC(=O)c1ccccc1Br)C2. The highest BCUT2D eigenvalue weighted by Gasteiger charge is 2.62. The van der Waals surface area contributed by atoms with Gasteiger partial charge < -0.3 is 4.74 Å². The number of fused-ring (bicyclic) bond motifs is 2. The Balaban J connectivity index is 1.48. The number of carbonyl (C=O) groups is 2. The fraction of sp³-hybridized carbons (Fsp3) is 0.579. The molecule has 2 bridgehead atoms. The molecule has 0 heterocycles. The Bertz CT molecular complexity index is 691. The smallest absolute Gasteiger partial charge is 0.322 e. The second kappa shape index (κ2) is 6.72. The molecule has 2 aliphatic rings. The van der Waals surface area contributed by atoms with Crippen LogP contribution < -0.4 is 10.9 Å². The average Bonchev–Trinajstić information content (AvgIpc) is 2.88. The molecule has 6 heteroatoms. The Kier molecular flexibility index (Phi) is 4.95. The van der Waals surface area contributed by atoms with Crippen molar-refractivity contribution >= 4 is 27.8 Å². The van der Waals surface area contributed by atoms with Gasteiger partial charge in [-0.05, 0) is 58.7 Å². The molecule has 25 heavy (non-hydrogen) atoms. The molecule has 2 N–H and O–H groups in total. The average molecular weight is 409 g/mol. The lowest BCUT2D eigenvalue weighted by atomic mass is 9.70. The molecule has 2 aliphatic carbocycles. The zero-order valence-electron chi connectivity index (χ0n) is 14.9. The Labute approximate surface area is 157 Å². The first-order chi connectivity index (χ1) is 11.8. The van der Waals surface area contributed by atoms with E-state index in [9.17, 15) is 9.59 Å². The summed E-state index contributed by atoms with van der Waals surface area (Å²) in [4.78, 5) is 24.2. The molecule has 1 aromatic rings. The highest BCUT2D eigenvalue weighted by Crippen LogP contribution is 2.66. The summed E-state index contributed by atoms with van der Waals surface area (Å²) in [6.45, 7) is 6.76. The van der Waals surface area contributed by atoms with E-state index < -0.39 is 0 Å². The maximum atomic E-state index is 12.2. The number of ether oxygens (including phenoxy) is 1. The number of rotatable bonds is 5. The summed E-state index contributed by atoms with van der Waals surface area (Å²) < 4.78 is 6.44. The van der Waals surface area contributed by atoms with Crippen LogP contribution in [0, 0.1) is 16.7 Å². The molecular formula is C19H25BrN2O3. The third kappa shape index (κ3) is 3.22. The Hall–Kier alpha value is -1.40. The Morgan fingerprint density at radius 2 is 2.00 bits per heavy atom. The molecule has 2 saturated carbocycles. The molecule has 0 saturated heterocycles. The number of hydrazine groups is 1. The minimum atomic E-state index is -0.331. The summed E-state index contributed by atoms with van der Waals surface area (Å²) in [7, 11) is 0. The molecule has 3 rings (SSSR count). The van der Waals surface area contributed by atoms with Gasteiger partial charge in [-0.2, -0.15) is 0 Å². The summed E-state index contributed by atoms with van der Waals surface area (Å²) in [5.41, 5.74) is 5.96. The van der Waals surface area contributed by atoms with Crippen molar-refractivity contribution in [2.75, 3.05) is 6.54 Å². The van der Waals surface area contributed by atoms with Crippen molar-refractivity contribution in [3.8, 4) is 0 Å². The number of halogens is 1. The van der Waals surface area contributed by atoms with Gasteiger partial charge in [-0.15, -0.1) is 0 Å². The van der Waals surface area contributed by atoms with Gasteiger partial charge in [-0.1, -0.05) is 32.9 Å². The molecule has 0 unspecified atom stereocenters. The van der Waals surface area contributed by atoms with Gasteiger partial charge in [0, 0.05) is 9.89 Å². The predicted molar refractivity (Wildman–Crippen MR) is 98.7 cm³/mol. The largest absolute Gasteiger partial charge is 0.461 e. The molecule has 0 aromatic heterocycles. The molecule has 0 spiro atoms. The van der Waals surface area contributed by atoms with E-state index in [-0.39, 0.29) is 35.4 Å². The third-order valence-corrected chi connectivity index (χ3v) is 7.23. The van der Waals surface area contributed by atoms with Crippen molar-refractivity contribution in [2.24, 2.45) is 16.7 Å². The van der Waals surface area contributed by atoms with E-state index in [0.29, 0.717) is 16.0 Å².